The van der Waals surface area contributed by atoms with Crippen molar-refractivity contribution >= 4 is 11.7 Å². The maximum Gasteiger partial charge on any atom is 0.313 e. The summed E-state index contributed by atoms with van der Waals surface area (Å²) in [5, 5.41) is 8.89. The average Bonchev–Trinajstić information content (AvgIpc) is 2.11. The van der Waals surface area contributed by atoms with Gasteiger partial charge in [0.25, 0.3) is 0 Å². The van der Waals surface area contributed by atoms with Gasteiger partial charge in [-0.05, 0) is 26.0 Å². The van der Waals surface area contributed by atoms with Gasteiger partial charge < -0.3 is 10.8 Å². The van der Waals surface area contributed by atoms with Gasteiger partial charge in [-0.3, -0.25) is 4.79 Å². The van der Waals surface area contributed by atoms with E-state index in [2.05, 4.69) is 0 Å². The minimum absolute atomic E-state index is 0.0682. The molecule has 0 bridgehead atoms. The molecule has 1 aromatic carbocycles. The average molecular weight is 215 g/mol. The minimum atomic E-state index is -1.56. The summed E-state index contributed by atoms with van der Waals surface area (Å²) in [5.74, 6) is -3.57. The third kappa shape index (κ3) is 1.77. The Hall–Kier alpha value is -1.65. The van der Waals surface area contributed by atoms with E-state index < -0.39 is 23.0 Å². The first-order valence-electron chi connectivity index (χ1n) is 4.26. The van der Waals surface area contributed by atoms with Crippen LogP contribution in [-0.4, -0.2) is 11.1 Å². The molecule has 3 N–H and O–H groups in total. The molecule has 15 heavy (non-hydrogen) atoms. The Morgan fingerprint density at radius 1 is 1.40 bits per heavy atom. The van der Waals surface area contributed by atoms with Gasteiger partial charge >= 0.3 is 5.97 Å². The molecule has 1 rings (SSSR count). The fourth-order valence-corrected chi connectivity index (χ4v) is 1.31. The van der Waals surface area contributed by atoms with E-state index in [1.54, 1.807) is 0 Å². The van der Waals surface area contributed by atoms with E-state index in [1.165, 1.54) is 13.8 Å². The predicted octanol–water partition coefficient (Wildman–Crippen LogP) is 1.91. The Labute approximate surface area is 85.5 Å². The molecule has 0 heterocycles. The lowest BCUT2D eigenvalue weighted by atomic mass is 9.83. The monoisotopic (exact) mass is 215 g/mol. The van der Waals surface area contributed by atoms with Crippen LogP contribution in [0.5, 0.6) is 0 Å². The maximum absolute atomic E-state index is 13.4. The molecule has 0 spiro atoms. The zero-order valence-electron chi connectivity index (χ0n) is 8.34. The zero-order chi connectivity index (χ0) is 11.8. The number of halogens is 2. The van der Waals surface area contributed by atoms with Gasteiger partial charge in [-0.1, -0.05) is 0 Å². The molecular formula is C10H11F2NO2. The molecule has 0 aliphatic rings. The molecule has 0 atom stereocenters. The van der Waals surface area contributed by atoms with E-state index >= 15 is 0 Å². The van der Waals surface area contributed by atoms with E-state index in [9.17, 15) is 13.6 Å². The first kappa shape index (κ1) is 11.4. The second-order valence-electron chi connectivity index (χ2n) is 3.76. The van der Waals surface area contributed by atoms with Crippen LogP contribution in [0.15, 0.2) is 12.1 Å². The van der Waals surface area contributed by atoms with Crippen molar-refractivity contribution in [2.24, 2.45) is 0 Å². The van der Waals surface area contributed by atoms with Crippen molar-refractivity contribution in [2.75, 3.05) is 5.73 Å². The van der Waals surface area contributed by atoms with Crippen molar-refractivity contribution in [1.29, 1.82) is 0 Å². The van der Waals surface area contributed by atoms with E-state index in [4.69, 9.17) is 10.8 Å². The van der Waals surface area contributed by atoms with Crippen LogP contribution in [0.25, 0.3) is 0 Å². The second-order valence-corrected chi connectivity index (χ2v) is 3.76. The van der Waals surface area contributed by atoms with Gasteiger partial charge in [-0.15, -0.1) is 0 Å². The lowest BCUT2D eigenvalue weighted by molar-refractivity contribution is -0.142. The molecule has 1 aromatic rings. The van der Waals surface area contributed by atoms with Crippen LogP contribution in [0.4, 0.5) is 14.5 Å². The molecule has 0 amide bonds. The minimum Gasteiger partial charge on any atom is -0.481 e. The van der Waals surface area contributed by atoms with Crippen molar-refractivity contribution in [3.05, 3.63) is 29.3 Å². The third-order valence-corrected chi connectivity index (χ3v) is 2.29. The fourth-order valence-electron chi connectivity index (χ4n) is 1.31. The van der Waals surface area contributed by atoms with Gasteiger partial charge in [-0.2, -0.15) is 0 Å². The highest BCUT2D eigenvalue weighted by atomic mass is 19.2. The number of carboxylic acids is 1. The standard InChI is InChI=1S/C10H11F2NO2/c1-10(2,9(14)15)7-6(13)4-3-5(11)8(7)12/h3-4H,13H2,1-2H3,(H,14,15). The van der Waals surface area contributed by atoms with E-state index in [0.717, 1.165) is 12.1 Å². The van der Waals surface area contributed by atoms with Crippen LogP contribution in [-0.2, 0) is 10.2 Å². The number of rotatable bonds is 2. The van der Waals surface area contributed by atoms with Crippen LogP contribution < -0.4 is 5.73 Å². The molecule has 0 saturated carbocycles. The molecular weight excluding hydrogens is 204 g/mol. The van der Waals surface area contributed by atoms with Crippen molar-refractivity contribution in [1.82, 2.24) is 0 Å². The Morgan fingerprint density at radius 2 is 1.93 bits per heavy atom. The molecule has 0 radical (unpaired) electrons. The summed E-state index contributed by atoms with van der Waals surface area (Å²) in [6.07, 6.45) is 0. The van der Waals surface area contributed by atoms with E-state index in [1.807, 2.05) is 0 Å². The first-order chi connectivity index (χ1) is 6.78. The summed E-state index contributed by atoms with van der Waals surface area (Å²) < 4.78 is 26.3. The van der Waals surface area contributed by atoms with Crippen LogP contribution in [0.1, 0.15) is 19.4 Å². The number of carbonyl (C=O) groups is 1. The lowest BCUT2D eigenvalue weighted by Crippen LogP contribution is -2.31. The number of benzene rings is 1. The zero-order valence-corrected chi connectivity index (χ0v) is 8.34. The summed E-state index contributed by atoms with van der Waals surface area (Å²) in [6, 6.07) is 2.02. The van der Waals surface area contributed by atoms with Crippen molar-refractivity contribution < 1.29 is 18.7 Å². The largest absolute Gasteiger partial charge is 0.481 e. The highest BCUT2D eigenvalue weighted by molar-refractivity contribution is 5.82. The molecule has 0 aliphatic heterocycles. The highest BCUT2D eigenvalue weighted by Crippen LogP contribution is 2.32. The number of nitrogen functional groups attached to an aromatic ring is 1. The molecule has 3 nitrogen and oxygen atoms in total. The number of anilines is 1. The smallest absolute Gasteiger partial charge is 0.313 e. The van der Waals surface area contributed by atoms with Crippen molar-refractivity contribution in [2.45, 2.75) is 19.3 Å². The summed E-state index contributed by atoms with van der Waals surface area (Å²) >= 11 is 0. The van der Waals surface area contributed by atoms with Crippen LogP contribution in [0.2, 0.25) is 0 Å². The summed E-state index contributed by atoms with van der Waals surface area (Å²) in [4.78, 5) is 10.9. The fraction of sp³-hybridized carbons (Fsp3) is 0.300. The molecule has 0 saturated heterocycles. The number of hydrogen-bond acceptors (Lipinski definition) is 2. The van der Waals surface area contributed by atoms with Gasteiger partial charge in [0.15, 0.2) is 11.6 Å². The number of aliphatic carboxylic acids is 1. The normalized spacial score (nSPS) is 11.5. The predicted molar refractivity (Wildman–Crippen MR) is 51.4 cm³/mol. The summed E-state index contributed by atoms with van der Waals surface area (Å²) in [5.41, 5.74) is 3.49. The van der Waals surface area contributed by atoms with Crippen molar-refractivity contribution in [3.63, 3.8) is 0 Å². The number of nitrogens with two attached hydrogens (primary N) is 1. The highest BCUT2D eigenvalue weighted by Gasteiger charge is 2.35. The van der Waals surface area contributed by atoms with Crippen LogP contribution in [0, 0.1) is 11.6 Å². The quantitative estimate of drug-likeness (QED) is 0.740. The van der Waals surface area contributed by atoms with E-state index in [0.29, 0.717) is 0 Å². The molecule has 0 aromatic heterocycles. The Morgan fingerprint density at radius 3 is 2.40 bits per heavy atom. The first-order valence-corrected chi connectivity index (χ1v) is 4.26. The van der Waals surface area contributed by atoms with Crippen LogP contribution in [0.3, 0.4) is 0 Å². The Kier molecular flexibility index (Phi) is 2.66. The molecule has 0 fully saturated rings. The Balaban J connectivity index is 3.49. The topological polar surface area (TPSA) is 63.3 Å². The van der Waals surface area contributed by atoms with Gasteiger partial charge in [0, 0.05) is 11.3 Å². The molecule has 82 valence electrons. The molecule has 0 aliphatic carbocycles. The van der Waals surface area contributed by atoms with Gasteiger partial charge in [0.1, 0.15) is 0 Å². The maximum atomic E-state index is 13.4. The SMILES string of the molecule is CC(C)(C(=O)O)c1c(N)ccc(F)c1F. The number of hydrogen-bond donors (Lipinski definition) is 2. The molecule has 0 unspecified atom stereocenters. The van der Waals surface area contributed by atoms with Gasteiger partial charge in [0.2, 0.25) is 0 Å². The lowest BCUT2D eigenvalue weighted by Gasteiger charge is -2.22. The second kappa shape index (κ2) is 3.49. The Bertz CT molecular complexity index is 416. The van der Waals surface area contributed by atoms with Gasteiger partial charge in [-0.25, -0.2) is 8.78 Å². The number of carboxylic acid groups (broad SMARTS) is 1. The van der Waals surface area contributed by atoms with Crippen molar-refractivity contribution in [3.8, 4) is 0 Å². The van der Waals surface area contributed by atoms with Crippen LogP contribution >= 0.6 is 0 Å². The molecule has 5 heteroatoms. The van der Waals surface area contributed by atoms with Gasteiger partial charge in [0.05, 0.1) is 5.41 Å². The summed E-state index contributed by atoms with van der Waals surface area (Å²) in [6.45, 7) is 2.53. The van der Waals surface area contributed by atoms with E-state index in [-0.39, 0.29) is 11.3 Å². The third-order valence-electron chi connectivity index (χ3n) is 2.29. The summed E-state index contributed by atoms with van der Waals surface area (Å²) in [7, 11) is 0.